The second kappa shape index (κ2) is 8.25. The van der Waals surface area contributed by atoms with Gasteiger partial charge in [-0.25, -0.2) is 4.74 Å². The van der Waals surface area contributed by atoms with Gasteiger partial charge in [-0.15, -0.1) is 0 Å². The van der Waals surface area contributed by atoms with E-state index in [0.717, 1.165) is 0 Å². The Morgan fingerprint density at radius 1 is 0.742 bits per heavy atom. The minimum Gasteiger partial charge on any atom is -0.232 e. The highest BCUT2D eigenvalue weighted by Gasteiger charge is 2.28. The van der Waals surface area contributed by atoms with Crippen molar-refractivity contribution in [3.63, 3.8) is 0 Å². The van der Waals surface area contributed by atoms with Crippen LogP contribution in [0.3, 0.4) is 0 Å². The number of tetrazole rings is 1. The summed E-state index contributed by atoms with van der Waals surface area (Å²) in [5, 5.41) is 17.0. The molecule has 0 aliphatic rings. The highest BCUT2D eigenvalue weighted by Crippen LogP contribution is 2.48. The molecular weight excluding hydrogens is 403 g/mol. The summed E-state index contributed by atoms with van der Waals surface area (Å²) in [4.78, 5) is 1.63. The Balaban J connectivity index is 1.85. The molecule has 0 aliphatic carbocycles. The number of aryl methyl sites for hydroxylation is 1. The molecule has 0 radical (unpaired) electrons. The molecule has 5 rings (SSSR count). The zero-order valence-electron chi connectivity index (χ0n) is 17.2. The Hall–Kier alpha value is -3.63. The molecule has 3 aromatic carbocycles. The number of rotatable bonds is 5. The van der Waals surface area contributed by atoms with Crippen LogP contribution in [0.15, 0.2) is 108 Å². The van der Waals surface area contributed by atoms with E-state index in [1.54, 1.807) is 9.43 Å². The first-order valence-electron chi connectivity index (χ1n) is 10.2. The van der Waals surface area contributed by atoms with Crippen molar-refractivity contribution >= 4 is 34.4 Å². The van der Waals surface area contributed by atoms with Crippen molar-refractivity contribution in [3.05, 3.63) is 103 Å². The molecule has 7 heteroatoms. The summed E-state index contributed by atoms with van der Waals surface area (Å²) in [6, 6.07) is 35.4. The summed E-state index contributed by atoms with van der Waals surface area (Å²) in [6.07, 6.45) is 0. The lowest BCUT2D eigenvalue weighted by molar-refractivity contribution is -0.646. The molecule has 0 unspecified atom stereocenters. The highest BCUT2D eigenvalue weighted by molar-refractivity contribution is 7.87. The number of benzene rings is 3. The smallest absolute Gasteiger partial charge is 0.232 e. The first-order valence-corrected chi connectivity index (χ1v) is 12.0. The van der Waals surface area contributed by atoms with Gasteiger partial charge in [0.15, 0.2) is 5.82 Å². The molecule has 0 saturated heterocycles. The minimum atomic E-state index is -2.36. The van der Waals surface area contributed by atoms with E-state index >= 15 is 0 Å². The standard InChI is InChI=1S/C24H22N6P/c1-2-29-26-24-19-18-23(25-30(24)28-29)27-31(20-12-6-3-7-13-20,21-14-8-4-9-15-21)22-16-10-5-11-17-22/h3-19H,2H2,1H3/q+1. The Labute approximate surface area is 180 Å². The Morgan fingerprint density at radius 3 is 1.74 bits per heavy atom. The van der Waals surface area contributed by atoms with E-state index in [1.165, 1.54) is 15.9 Å². The first-order chi connectivity index (χ1) is 15.3. The summed E-state index contributed by atoms with van der Waals surface area (Å²) < 4.78 is 6.94. The fourth-order valence-electron chi connectivity index (χ4n) is 3.67. The number of aromatic nitrogens is 5. The zero-order valence-corrected chi connectivity index (χ0v) is 18.0. The molecule has 5 aromatic rings. The Morgan fingerprint density at radius 2 is 1.26 bits per heavy atom. The first kappa shape index (κ1) is 19.3. The van der Waals surface area contributed by atoms with E-state index in [-0.39, 0.29) is 0 Å². The Kier molecular flexibility index (Phi) is 5.14. The molecule has 0 amide bonds. The van der Waals surface area contributed by atoms with Gasteiger partial charge in [0.1, 0.15) is 6.54 Å². The summed E-state index contributed by atoms with van der Waals surface area (Å²) >= 11 is 0. The van der Waals surface area contributed by atoms with Crippen LogP contribution in [0.5, 0.6) is 0 Å². The Bertz CT molecular complexity index is 1260. The fraction of sp³-hybridized carbons (Fsp3) is 0.0833. The molecule has 0 bridgehead atoms. The van der Waals surface area contributed by atoms with Gasteiger partial charge in [0.2, 0.25) is 0 Å². The molecule has 0 aliphatic heterocycles. The van der Waals surface area contributed by atoms with Crippen LogP contribution in [0.25, 0.3) is 5.65 Å². The van der Waals surface area contributed by atoms with Crippen LogP contribution in [0.2, 0.25) is 0 Å². The van der Waals surface area contributed by atoms with Crippen LogP contribution in [0.1, 0.15) is 6.92 Å². The number of hydrogen-bond donors (Lipinski definition) is 0. The van der Waals surface area contributed by atoms with Crippen molar-refractivity contribution in [1.82, 2.24) is 20.2 Å². The van der Waals surface area contributed by atoms with Crippen LogP contribution in [-0.4, -0.2) is 20.2 Å². The highest BCUT2D eigenvalue weighted by atomic mass is 31.2. The maximum atomic E-state index is 5.39. The third-order valence-electron chi connectivity index (χ3n) is 5.11. The second-order valence-corrected chi connectivity index (χ2v) is 10.1. The average molecular weight is 425 g/mol. The van der Waals surface area contributed by atoms with Crippen LogP contribution in [-0.2, 0) is 6.54 Å². The normalized spacial score (nSPS) is 11.5. The van der Waals surface area contributed by atoms with E-state index in [2.05, 4.69) is 88.2 Å². The maximum Gasteiger partial charge on any atom is 0.348 e. The average Bonchev–Trinajstić information content (AvgIpc) is 3.27. The van der Waals surface area contributed by atoms with Gasteiger partial charge in [0.05, 0.1) is 17.4 Å². The summed E-state index contributed by atoms with van der Waals surface area (Å²) in [5.74, 6) is 0.630. The predicted octanol–water partition coefficient (Wildman–Crippen LogP) is 3.24. The van der Waals surface area contributed by atoms with E-state index in [0.29, 0.717) is 18.0 Å². The van der Waals surface area contributed by atoms with Gasteiger partial charge in [0, 0.05) is 22.0 Å². The van der Waals surface area contributed by atoms with Gasteiger partial charge in [-0.3, -0.25) is 0 Å². The van der Waals surface area contributed by atoms with Crippen LogP contribution in [0, 0.1) is 0 Å². The molecule has 31 heavy (non-hydrogen) atoms. The monoisotopic (exact) mass is 425 g/mol. The van der Waals surface area contributed by atoms with Crippen molar-refractivity contribution in [2.45, 2.75) is 13.5 Å². The molecule has 0 atom stereocenters. The van der Waals surface area contributed by atoms with Gasteiger partial charge in [-0.1, -0.05) is 96.1 Å². The fourth-order valence-corrected chi connectivity index (χ4v) is 7.13. The van der Waals surface area contributed by atoms with Gasteiger partial charge in [-0.2, -0.15) is 0 Å². The van der Waals surface area contributed by atoms with E-state index in [1.807, 2.05) is 37.3 Å². The largest absolute Gasteiger partial charge is 0.348 e. The molecule has 0 spiro atoms. The second-order valence-electron chi connectivity index (χ2n) is 7.06. The van der Waals surface area contributed by atoms with E-state index in [4.69, 9.17) is 4.74 Å². The van der Waals surface area contributed by atoms with Crippen LogP contribution >= 0.6 is 7.05 Å². The summed E-state index contributed by atoms with van der Waals surface area (Å²) in [6.45, 7) is 2.69. The lowest BCUT2D eigenvalue weighted by Crippen LogP contribution is -2.29. The SMILES string of the molecule is CCn1nc2ccc(N=P(c3ccccc3)(c3ccccc3)c3ccccc3)n[n+]2n1. The third kappa shape index (κ3) is 3.56. The van der Waals surface area contributed by atoms with E-state index < -0.39 is 7.05 Å². The number of hydrogen-bond acceptors (Lipinski definition) is 4. The van der Waals surface area contributed by atoms with Crippen molar-refractivity contribution in [2.75, 3.05) is 0 Å². The van der Waals surface area contributed by atoms with Crippen LogP contribution in [0.4, 0.5) is 5.82 Å². The van der Waals surface area contributed by atoms with Crippen molar-refractivity contribution < 1.29 is 4.63 Å². The molecule has 2 heterocycles. The zero-order chi connectivity index (χ0) is 21.1. The quantitative estimate of drug-likeness (QED) is 0.321. The summed E-state index contributed by atoms with van der Waals surface area (Å²) in [7, 11) is -2.36. The van der Waals surface area contributed by atoms with Crippen molar-refractivity contribution in [3.8, 4) is 0 Å². The number of nitrogens with zero attached hydrogens (tertiary/aromatic N) is 6. The molecule has 6 nitrogen and oxygen atoms in total. The topological polar surface area (TPSA) is 60.1 Å². The lowest BCUT2D eigenvalue weighted by Gasteiger charge is -2.26. The van der Waals surface area contributed by atoms with Crippen LogP contribution < -0.4 is 20.5 Å². The van der Waals surface area contributed by atoms with Crippen molar-refractivity contribution in [1.29, 1.82) is 0 Å². The molecule has 0 fully saturated rings. The molecular formula is C24H22N6P+. The lowest BCUT2D eigenvalue weighted by atomic mass is 10.4. The maximum absolute atomic E-state index is 5.39. The van der Waals surface area contributed by atoms with Gasteiger partial charge < -0.3 is 0 Å². The van der Waals surface area contributed by atoms with Gasteiger partial charge in [0.25, 0.3) is 0 Å². The van der Waals surface area contributed by atoms with E-state index in [9.17, 15) is 0 Å². The minimum absolute atomic E-state index is 0.630. The number of fused-ring (bicyclic) bond motifs is 1. The van der Waals surface area contributed by atoms with Crippen molar-refractivity contribution in [2.24, 2.45) is 4.74 Å². The molecule has 2 aromatic heterocycles. The summed E-state index contributed by atoms with van der Waals surface area (Å²) in [5.41, 5.74) is 0.698. The molecule has 0 saturated carbocycles. The molecule has 0 N–H and O–H groups in total. The van der Waals surface area contributed by atoms with Gasteiger partial charge >= 0.3 is 5.65 Å². The third-order valence-corrected chi connectivity index (χ3v) is 8.76. The molecule has 152 valence electrons. The predicted molar refractivity (Wildman–Crippen MR) is 124 cm³/mol. The van der Waals surface area contributed by atoms with Gasteiger partial charge in [-0.05, 0) is 22.4 Å².